The van der Waals surface area contributed by atoms with Crippen LogP contribution in [-0.2, 0) is 6.42 Å². The van der Waals surface area contributed by atoms with Crippen molar-refractivity contribution >= 4 is 27.8 Å². The zero-order chi connectivity index (χ0) is 32.2. The highest BCUT2D eigenvalue weighted by molar-refractivity contribution is 5.99. The van der Waals surface area contributed by atoms with E-state index in [9.17, 15) is 15.2 Å². The summed E-state index contributed by atoms with van der Waals surface area (Å²) < 4.78 is 0. The number of nitro benzene ring substituents is 1. The number of aromatic hydroxyl groups is 1. The fraction of sp³-hybridized carbons (Fsp3) is 0.526. The van der Waals surface area contributed by atoms with Crippen molar-refractivity contribution in [1.82, 2.24) is 0 Å². The summed E-state index contributed by atoms with van der Waals surface area (Å²) in [6, 6.07) is 12.3. The molecule has 3 rings (SSSR count). The van der Waals surface area contributed by atoms with Gasteiger partial charge in [-0.2, -0.15) is 5.11 Å². The maximum Gasteiger partial charge on any atom is 0.269 e. The Hall–Kier alpha value is -3.54. The van der Waals surface area contributed by atoms with Crippen molar-refractivity contribution in [2.24, 2.45) is 28.0 Å². The molecule has 3 aromatic carbocycles. The molecule has 0 heterocycles. The lowest BCUT2D eigenvalue weighted by molar-refractivity contribution is -0.384. The minimum absolute atomic E-state index is 0.0316. The van der Waals surface area contributed by atoms with Gasteiger partial charge < -0.3 is 5.11 Å². The Morgan fingerprint density at radius 2 is 1.50 bits per heavy atom. The van der Waals surface area contributed by atoms with Crippen LogP contribution in [0.3, 0.4) is 0 Å². The van der Waals surface area contributed by atoms with Crippen LogP contribution < -0.4 is 0 Å². The van der Waals surface area contributed by atoms with Gasteiger partial charge in [0.05, 0.1) is 16.3 Å². The molecule has 0 aromatic heterocycles. The highest BCUT2D eigenvalue weighted by atomic mass is 16.6. The molecule has 44 heavy (non-hydrogen) atoms. The lowest BCUT2D eigenvalue weighted by Gasteiger charge is -2.15. The first-order valence-corrected chi connectivity index (χ1v) is 16.5. The largest absolute Gasteiger partial charge is 0.507 e. The van der Waals surface area contributed by atoms with Crippen molar-refractivity contribution < 1.29 is 10.0 Å². The van der Waals surface area contributed by atoms with Gasteiger partial charge in [-0.3, -0.25) is 10.1 Å². The molecule has 3 aromatic rings. The van der Waals surface area contributed by atoms with Crippen molar-refractivity contribution in [3.63, 3.8) is 0 Å². The third-order valence-electron chi connectivity index (χ3n) is 8.97. The minimum Gasteiger partial charge on any atom is -0.507 e. The SMILES string of the molecule is C/C(=C\Cc1c(C)c(N=Nc2ccc([N+](=O)[O-])cc2C)c2ccccc2c1O)CCCC(C)CCCC(C)CCCC(C)C. The number of phenols is 1. The molecule has 2 unspecified atom stereocenters. The zero-order valence-corrected chi connectivity index (χ0v) is 28.0. The Bertz CT molecular complexity index is 1460. The smallest absolute Gasteiger partial charge is 0.269 e. The van der Waals surface area contributed by atoms with Crippen molar-refractivity contribution in [2.75, 3.05) is 0 Å². The molecular formula is C38H53N3O3. The van der Waals surface area contributed by atoms with E-state index in [0.717, 1.165) is 46.1 Å². The molecule has 0 saturated carbocycles. The number of nitrogens with zero attached hydrogens (tertiary/aromatic N) is 3. The van der Waals surface area contributed by atoms with E-state index in [1.807, 2.05) is 31.2 Å². The molecule has 0 amide bonds. The monoisotopic (exact) mass is 599 g/mol. The van der Waals surface area contributed by atoms with E-state index in [2.05, 4.69) is 50.9 Å². The summed E-state index contributed by atoms with van der Waals surface area (Å²) >= 11 is 0. The van der Waals surface area contributed by atoms with Gasteiger partial charge in [-0.25, -0.2) is 0 Å². The van der Waals surface area contributed by atoms with Gasteiger partial charge in [0, 0.05) is 28.5 Å². The number of phenolic OH excluding ortho intramolecular Hbond substituents is 1. The number of allylic oxidation sites excluding steroid dienone is 2. The first kappa shape index (κ1) is 34.9. The number of nitro groups is 1. The zero-order valence-electron chi connectivity index (χ0n) is 28.0. The molecule has 0 radical (unpaired) electrons. The molecule has 0 saturated heterocycles. The van der Waals surface area contributed by atoms with E-state index in [1.54, 1.807) is 13.0 Å². The van der Waals surface area contributed by atoms with E-state index in [-0.39, 0.29) is 5.69 Å². The van der Waals surface area contributed by atoms with Gasteiger partial charge in [-0.05, 0) is 75.0 Å². The fourth-order valence-electron chi connectivity index (χ4n) is 6.01. The highest BCUT2D eigenvalue weighted by Crippen LogP contribution is 2.41. The second-order valence-corrected chi connectivity index (χ2v) is 13.4. The standard InChI is InChI=1S/C38H53N3O3/c1-26(2)13-10-14-27(3)15-11-16-28(4)17-12-18-29(5)21-23-33-31(7)37(34-19-8-9-20-35(34)38(33)42)40-39-36-24-22-32(41(43)44)25-30(36)6/h8-9,19-22,24-28,42H,10-18,23H2,1-7H3/b29-21+,40-39?. The molecular weight excluding hydrogens is 546 g/mol. The molecule has 0 aliphatic rings. The van der Waals surface area contributed by atoms with Crippen LogP contribution >= 0.6 is 0 Å². The number of benzene rings is 3. The number of azo groups is 1. The molecule has 0 aliphatic heterocycles. The first-order valence-electron chi connectivity index (χ1n) is 16.5. The van der Waals surface area contributed by atoms with E-state index in [1.165, 1.54) is 69.1 Å². The summed E-state index contributed by atoms with van der Waals surface area (Å²) in [5.41, 5.74) is 5.09. The molecule has 2 atom stereocenters. The van der Waals surface area contributed by atoms with Gasteiger partial charge in [-0.1, -0.05) is 109 Å². The predicted octanol–water partition coefficient (Wildman–Crippen LogP) is 12.4. The highest BCUT2D eigenvalue weighted by Gasteiger charge is 2.16. The van der Waals surface area contributed by atoms with Crippen molar-refractivity contribution in [3.05, 3.63) is 80.9 Å². The second kappa shape index (κ2) is 17.1. The van der Waals surface area contributed by atoms with Gasteiger partial charge >= 0.3 is 0 Å². The molecule has 0 spiro atoms. The first-order chi connectivity index (χ1) is 21.0. The van der Waals surface area contributed by atoms with Crippen LogP contribution in [0, 0.1) is 41.7 Å². The molecule has 6 nitrogen and oxygen atoms in total. The van der Waals surface area contributed by atoms with E-state index in [4.69, 9.17) is 0 Å². The Labute approximate surface area is 264 Å². The quantitative estimate of drug-likeness (QED) is 0.0724. The van der Waals surface area contributed by atoms with E-state index >= 15 is 0 Å². The number of aryl methyl sites for hydroxylation is 1. The van der Waals surface area contributed by atoms with Crippen molar-refractivity contribution in [2.45, 2.75) is 113 Å². The molecule has 6 heteroatoms. The average molecular weight is 600 g/mol. The summed E-state index contributed by atoms with van der Waals surface area (Å²) in [4.78, 5) is 10.7. The van der Waals surface area contributed by atoms with Crippen LogP contribution in [0.1, 0.15) is 109 Å². The van der Waals surface area contributed by atoms with Crippen molar-refractivity contribution in [3.8, 4) is 5.75 Å². The second-order valence-electron chi connectivity index (χ2n) is 13.4. The van der Waals surface area contributed by atoms with Gasteiger partial charge in [0.15, 0.2) is 0 Å². The van der Waals surface area contributed by atoms with Gasteiger partial charge in [-0.15, -0.1) is 5.11 Å². The maximum absolute atomic E-state index is 11.3. The lowest BCUT2D eigenvalue weighted by atomic mass is 9.91. The van der Waals surface area contributed by atoms with E-state index < -0.39 is 4.92 Å². The number of rotatable bonds is 17. The third-order valence-corrected chi connectivity index (χ3v) is 8.97. The molecule has 0 fully saturated rings. The van der Waals surface area contributed by atoms with Crippen LogP contribution in [0.4, 0.5) is 17.1 Å². The summed E-state index contributed by atoms with van der Waals surface area (Å²) in [6.45, 7) is 15.4. The van der Waals surface area contributed by atoms with Crippen molar-refractivity contribution in [1.29, 1.82) is 0 Å². The molecule has 1 N–H and O–H groups in total. The van der Waals surface area contributed by atoms with Crippen LogP contribution in [0.2, 0.25) is 0 Å². The lowest BCUT2D eigenvalue weighted by Crippen LogP contribution is -2.00. The summed E-state index contributed by atoms with van der Waals surface area (Å²) in [7, 11) is 0. The number of hydrogen-bond acceptors (Lipinski definition) is 5. The van der Waals surface area contributed by atoms with Gasteiger partial charge in [0.1, 0.15) is 5.75 Å². The minimum atomic E-state index is -0.411. The molecule has 238 valence electrons. The van der Waals surface area contributed by atoms with Crippen LogP contribution in [0.15, 0.2) is 64.3 Å². The van der Waals surface area contributed by atoms with Crippen LogP contribution in [0.25, 0.3) is 10.8 Å². The Morgan fingerprint density at radius 1 is 0.886 bits per heavy atom. The van der Waals surface area contributed by atoms with Crippen LogP contribution in [0.5, 0.6) is 5.75 Å². The van der Waals surface area contributed by atoms with Gasteiger partial charge in [0.25, 0.3) is 5.69 Å². The average Bonchev–Trinajstić information content (AvgIpc) is 2.97. The Morgan fingerprint density at radius 3 is 2.11 bits per heavy atom. The normalized spacial score (nSPS) is 13.7. The third kappa shape index (κ3) is 10.3. The van der Waals surface area contributed by atoms with Crippen LogP contribution in [-0.4, -0.2) is 10.0 Å². The number of hydrogen-bond donors (Lipinski definition) is 1. The molecule has 0 bridgehead atoms. The van der Waals surface area contributed by atoms with E-state index in [0.29, 0.717) is 29.1 Å². The summed E-state index contributed by atoms with van der Waals surface area (Å²) in [5.74, 6) is 2.70. The predicted molar refractivity (Wildman–Crippen MR) is 185 cm³/mol. The Kier molecular flexibility index (Phi) is 13.6. The number of fused-ring (bicyclic) bond motifs is 1. The maximum atomic E-state index is 11.3. The topological polar surface area (TPSA) is 88.1 Å². The summed E-state index contributed by atoms with van der Waals surface area (Å²) in [5, 5.41) is 33.0. The fourth-order valence-corrected chi connectivity index (χ4v) is 6.01. The Balaban J connectivity index is 1.63. The molecule has 0 aliphatic carbocycles. The van der Waals surface area contributed by atoms with Gasteiger partial charge in [0.2, 0.25) is 0 Å². The summed E-state index contributed by atoms with van der Waals surface area (Å²) in [6.07, 6.45) is 14.4. The number of non-ortho nitro benzene ring substituents is 1.